The minimum atomic E-state index is -0.662. The number of rotatable bonds is 4. The molecule has 0 bridgehead atoms. The highest BCUT2D eigenvalue weighted by Crippen LogP contribution is 2.26. The van der Waals surface area contributed by atoms with Gasteiger partial charge in [0.2, 0.25) is 5.75 Å². The Bertz CT molecular complexity index is 419. The fourth-order valence-corrected chi connectivity index (χ4v) is 1.16. The van der Waals surface area contributed by atoms with Gasteiger partial charge in [0.1, 0.15) is 0 Å². The van der Waals surface area contributed by atoms with E-state index in [1.54, 1.807) is 6.92 Å². The Hall–Kier alpha value is -2.15. The first-order chi connectivity index (χ1) is 7.60. The Morgan fingerprint density at radius 1 is 1.62 bits per heavy atom. The predicted molar refractivity (Wildman–Crippen MR) is 55.9 cm³/mol. The lowest BCUT2D eigenvalue weighted by molar-refractivity contribution is -0.385. The molecule has 7 nitrogen and oxygen atoms in total. The third-order valence-corrected chi connectivity index (χ3v) is 1.88. The molecule has 1 aromatic rings. The second-order valence-corrected chi connectivity index (χ2v) is 2.92. The van der Waals surface area contributed by atoms with Gasteiger partial charge in [-0.2, -0.15) is 5.90 Å². The van der Waals surface area contributed by atoms with Gasteiger partial charge in [0.25, 0.3) is 5.91 Å². The van der Waals surface area contributed by atoms with E-state index >= 15 is 0 Å². The van der Waals surface area contributed by atoms with Crippen LogP contribution in [0.1, 0.15) is 17.3 Å². The van der Waals surface area contributed by atoms with Gasteiger partial charge in [-0.05, 0) is 19.1 Å². The summed E-state index contributed by atoms with van der Waals surface area (Å²) < 4.78 is 0. The molecule has 0 heterocycles. The molecule has 0 aliphatic heterocycles. The maximum atomic E-state index is 11.4. The molecule has 86 valence electrons. The van der Waals surface area contributed by atoms with Crippen molar-refractivity contribution in [2.45, 2.75) is 6.92 Å². The predicted octanol–water partition coefficient (Wildman–Crippen LogP) is 0.597. The molecule has 1 rings (SSSR count). The minimum Gasteiger partial charge on any atom is -0.404 e. The minimum absolute atomic E-state index is 0.0851. The van der Waals surface area contributed by atoms with Crippen molar-refractivity contribution in [3.8, 4) is 5.75 Å². The van der Waals surface area contributed by atoms with E-state index < -0.39 is 4.92 Å². The largest absolute Gasteiger partial charge is 0.404 e. The number of hydrogen-bond donors (Lipinski definition) is 2. The van der Waals surface area contributed by atoms with Crippen LogP contribution in [-0.2, 0) is 0 Å². The standard InChI is InChI=1S/C9H11N3O4/c1-2-11-9(13)6-3-4-8(16-10)7(5-6)12(14)15/h3-5H,2,10H2,1H3,(H,11,13). The second-order valence-electron chi connectivity index (χ2n) is 2.92. The second kappa shape index (κ2) is 5.08. The zero-order chi connectivity index (χ0) is 12.1. The SMILES string of the molecule is CCNC(=O)c1ccc(ON)c([N+](=O)[O-])c1. The average molecular weight is 225 g/mol. The smallest absolute Gasteiger partial charge is 0.314 e. The fraction of sp³-hybridized carbons (Fsp3) is 0.222. The molecule has 0 aliphatic rings. The summed E-state index contributed by atoms with van der Waals surface area (Å²) in [6, 6.07) is 3.80. The molecular weight excluding hydrogens is 214 g/mol. The monoisotopic (exact) mass is 225 g/mol. The third-order valence-electron chi connectivity index (χ3n) is 1.88. The molecular formula is C9H11N3O4. The van der Waals surface area contributed by atoms with Gasteiger partial charge in [0.15, 0.2) is 0 Å². The number of carbonyl (C=O) groups excluding carboxylic acids is 1. The first kappa shape index (κ1) is 11.9. The normalized spacial score (nSPS) is 9.62. The molecule has 0 radical (unpaired) electrons. The molecule has 0 saturated heterocycles. The maximum Gasteiger partial charge on any atom is 0.314 e. The summed E-state index contributed by atoms with van der Waals surface area (Å²) in [6.45, 7) is 2.20. The number of nitrogens with zero attached hydrogens (tertiary/aromatic N) is 1. The van der Waals surface area contributed by atoms with Crippen LogP contribution in [0.4, 0.5) is 5.69 Å². The molecule has 7 heteroatoms. The number of amides is 1. The molecule has 0 atom stereocenters. The number of benzene rings is 1. The van der Waals surface area contributed by atoms with Gasteiger partial charge < -0.3 is 10.2 Å². The van der Waals surface area contributed by atoms with Crippen molar-refractivity contribution in [1.82, 2.24) is 5.32 Å². The number of nitrogens with two attached hydrogens (primary N) is 1. The van der Waals surface area contributed by atoms with E-state index in [0.717, 1.165) is 6.07 Å². The van der Waals surface area contributed by atoms with Crippen LogP contribution < -0.4 is 16.1 Å². The van der Waals surface area contributed by atoms with Crippen molar-refractivity contribution in [2.75, 3.05) is 6.54 Å². The maximum absolute atomic E-state index is 11.4. The van der Waals surface area contributed by atoms with Gasteiger partial charge >= 0.3 is 5.69 Å². The summed E-state index contributed by atoms with van der Waals surface area (Å²) in [5, 5.41) is 13.2. The van der Waals surface area contributed by atoms with Crippen LogP contribution in [0, 0.1) is 10.1 Å². The lowest BCUT2D eigenvalue weighted by Crippen LogP contribution is -2.22. The highest BCUT2D eigenvalue weighted by atomic mass is 16.6. The van der Waals surface area contributed by atoms with E-state index in [2.05, 4.69) is 10.2 Å². The van der Waals surface area contributed by atoms with E-state index in [1.165, 1.54) is 12.1 Å². The van der Waals surface area contributed by atoms with Crippen molar-refractivity contribution in [1.29, 1.82) is 0 Å². The lowest BCUT2D eigenvalue weighted by atomic mass is 10.2. The lowest BCUT2D eigenvalue weighted by Gasteiger charge is -2.04. The summed E-state index contributed by atoms with van der Waals surface area (Å²) in [6.07, 6.45) is 0. The zero-order valence-corrected chi connectivity index (χ0v) is 8.60. The van der Waals surface area contributed by atoms with Gasteiger partial charge in [-0.3, -0.25) is 14.9 Å². The highest BCUT2D eigenvalue weighted by Gasteiger charge is 2.18. The Balaban J connectivity index is 3.11. The Morgan fingerprint density at radius 3 is 2.81 bits per heavy atom. The quantitative estimate of drug-likeness (QED) is 0.576. The van der Waals surface area contributed by atoms with E-state index in [-0.39, 0.29) is 22.9 Å². The van der Waals surface area contributed by atoms with Crippen molar-refractivity contribution in [3.63, 3.8) is 0 Å². The fourth-order valence-electron chi connectivity index (χ4n) is 1.16. The number of nitrogens with one attached hydrogen (secondary N) is 1. The van der Waals surface area contributed by atoms with Crippen molar-refractivity contribution in [3.05, 3.63) is 33.9 Å². The van der Waals surface area contributed by atoms with Crippen LogP contribution >= 0.6 is 0 Å². The van der Waals surface area contributed by atoms with E-state index in [0.29, 0.717) is 6.54 Å². The molecule has 1 amide bonds. The van der Waals surface area contributed by atoms with Gasteiger partial charge in [-0.1, -0.05) is 0 Å². The first-order valence-electron chi connectivity index (χ1n) is 4.53. The van der Waals surface area contributed by atoms with Crippen LogP contribution in [0.5, 0.6) is 5.75 Å². The van der Waals surface area contributed by atoms with Crippen molar-refractivity contribution in [2.24, 2.45) is 5.90 Å². The zero-order valence-electron chi connectivity index (χ0n) is 8.60. The summed E-state index contributed by atoms with van der Waals surface area (Å²) in [4.78, 5) is 25.7. The Kier molecular flexibility index (Phi) is 3.78. The number of carbonyl (C=O) groups is 1. The van der Waals surface area contributed by atoms with Crippen molar-refractivity contribution >= 4 is 11.6 Å². The molecule has 0 spiro atoms. The summed E-state index contributed by atoms with van der Waals surface area (Å²) in [5.74, 6) is 4.40. The topological polar surface area (TPSA) is 107 Å². The van der Waals surface area contributed by atoms with Crippen molar-refractivity contribution < 1.29 is 14.6 Å². The van der Waals surface area contributed by atoms with Gasteiger partial charge in [-0.25, -0.2) is 0 Å². The Labute approximate surface area is 91.3 Å². The first-order valence-corrected chi connectivity index (χ1v) is 4.53. The molecule has 0 saturated carbocycles. The summed E-state index contributed by atoms with van der Waals surface area (Å²) in [7, 11) is 0. The van der Waals surface area contributed by atoms with Crippen LogP contribution in [-0.4, -0.2) is 17.4 Å². The molecule has 0 aliphatic carbocycles. The average Bonchev–Trinajstić information content (AvgIpc) is 2.28. The van der Waals surface area contributed by atoms with Gasteiger partial charge in [0.05, 0.1) is 4.92 Å². The highest BCUT2D eigenvalue weighted by molar-refractivity contribution is 5.95. The number of nitro groups is 1. The number of nitro benzene ring substituents is 1. The van der Waals surface area contributed by atoms with Gasteiger partial charge in [-0.15, -0.1) is 0 Å². The molecule has 0 fully saturated rings. The Morgan fingerprint density at radius 2 is 2.31 bits per heavy atom. The summed E-state index contributed by atoms with van der Waals surface area (Å²) >= 11 is 0. The van der Waals surface area contributed by atoms with E-state index in [1.807, 2.05) is 0 Å². The molecule has 0 aromatic heterocycles. The van der Waals surface area contributed by atoms with Crippen LogP contribution in [0.25, 0.3) is 0 Å². The van der Waals surface area contributed by atoms with Crippen LogP contribution in [0.2, 0.25) is 0 Å². The molecule has 3 N–H and O–H groups in total. The van der Waals surface area contributed by atoms with Crippen LogP contribution in [0.15, 0.2) is 18.2 Å². The molecule has 0 unspecified atom stereocenters. The molecule has 1 aromatic carbocycles. The number of hydrogen-bond acceptors (Lipinski definition) is 5. The van der Waals surface area contributed by atoms with E-state index in [9.17, 15) is 14.9 Å². The molecule has 16 heavy (non-hydrogen) atoms. The summed E-state index contributed by atoms with van der Waals surface area (Å²) in [5.41, 5.74) is -0.152. The third kappa shape index (κ3) is 2.45. The van der Waals surface area contributed by atoms with Crippen LogP contribution in [0.3, 0.4) is 0 Å². The van der Waals surface area contributed by atoms with E-state index in [4.69, 9.17) is 5.90 Å². The van der Waals surface area contributed by atoms with Gasteiger partial charge in [0, 0.05) is 18.2 Å².